The summed E-state index contributed by atoms with van der Waals surface area (Å²) in [6.07, 6.45) is 1.90. The molecule has 18 heavy (non-hydrogen) atoms. The minimum atomic E-state index is -1.04. The van der Waals surface area contributed by atoms with E-state index in [0.29, 0.717) is 18.7 Å². The minimum absolute atomic E-state index is 0.0276. The van der Waals surface area contributed by atoms with Crippen molar-refractivity contribution in [1.29, 1.82) is 0 Å². The number of nitrogens with zero attached hydrogens (tertiary/aromatic N) is 2. The lowest BCUT2D eigenvalue weighted by Crippen LogP contribution is -2.37. The Morgan fingerprint density at radius 1 is 1.50 bits per heavy atom. The largest absolute Gasteiger partial charge is 0.480 e. The number of carbonyl (C=O) groups is 2. The highest BCUT2D eigenvalue weighted by Crippen LogP contribution is 2.19. The summed E-state index contributed by atoms with van der Waals surface area (Å²) in [5, 5.41) is 8.80. The third kappa shape index (κ3) is 3.32. The number of hydrogen-bond acceptors (Lipinski definition) is 4. The van der Waals surface area contributed by atoms with Crippen LogP contribution in [-0.2, 0) is 4.79 Å². The molecule has 1 rings (SSSR count). The first-order chi connectivity index (χ1) is 8.47. The van der Waals surface area contributed by atoms with Gasteiger partial charge in [0.25, 0.3) is 5.91 Å². The molecule has 100 valence electrons. The quantitative estimate of drug-likeness (QED) is 0.835. The number of aromatic nitrogens is 1. The summed E-state index contributed by atoms with van der Waals surface area (Å²) >= 11 is 0. The lowest BCUT2D eigenvalue weighted by atomic mass is 10.1. The number of carboxylic acids is 1. The number of oxazole rings is 1. The van der Waals surface area contributed by atoms with Gasteiger partial charge in [0.1, 0.15) is 12.3 Å². The molecule has 0 aliphatic carbocycles. The number of aliphatic carboxylic acids is 1. The summed E-state index contributed by atoms with van der Waals surface area (Å²) < 4.78 is 5.17. The van der Waals surface area contributed by atoms with Crippen LogP contribution in [-0.4, -0.2) is 40.0 Å². The highest BCUT2D eigenvalue weighted by atomic mass is 16.4. The molecule has 1 aromatic rings. The van der Waals surface area contributed by atoms with Crippen molar-refractivity contribution in [3.05, 3.63) is 17.8 Å². The second kappa shape index (κ2) is 6.18. The van der Waals surface area contributed by atoms with Crippen LogP contribution in [0.15, 0.2) is 10.8 Å². The first-order valence-electron chi connectivity index (χ1n) is 5.91. The summed E-state index contributed by atoms with van der Waals surface area (Å²) in [6, 6.07) is 0. The molecule has 0 unspecified atom stereocenters. The van der Waals surface area contributed by atoms with Crippen molar-refractivity contribution in [1.82, 2.24) is 9.88 Å². The topological polar surface area (TPSA) is 83.6 Å². The van der Waals surface area contributed by atoms with Gasteiger partial charge in [-0.15, -0.1) is 0 Å². The van der Waals surface area contributed by atoms with Gasteiger partial charge in [0.15, 0.2) is 12.1 Å². The van der Waals surface area contributed by atoms with E-state index in [2.05, 4.69) is 4.98 Å². The summed E-state index contributed by atoms with van der Waals surface area (Å²) in [6.45, 7) is 5.72. The highest BCUT2D eigenvalue weighted by molar-refractivity contribution is 5.95. The maximum absolute atomic E-state index is 12.2. The van der Waals surface area contributed by atoms with Crippen molar-refractivity contribution in [2.75, 3.05) is 13.1 Å². The second-order valence-corrected chi connectivity index (χ2v) is 4.34. The fourth-order valence-electron chi connectivity index (χ4n) is 1.66. The Bertz CT molecular complexity index is 425. The van der Waals surface area contributed by atoms with Gasteiger partial charge in [-0.25, -0.2) is 4.98 Å². The van der Waals surface area contributed by atoms with Crippen molar-refractivity contribution in [2.24, 2.45) is 0 Å². The van der Waals surface area contributed by atoms with E-state index in [1.54, 1.807) is 0 Å². The Morgan fingerprint density at radius 3 is 2.67 bits per heavy atom. The number of carbonyl (C=O) groups excluding carboxylic acids is 1. The summed E-state index contributed by atoms with van der Waals surface area (Å²) in [5.41, 5.74) is 0.208. The third-order valence-electron chi connectivity index (χ3n) is 2.43. The molecule has 0 fully saturated rings. The van der Waals surface area contributed by atoms with E-state index in [1.807, 2.05) is 20.8 Å². The molecule has 0 saturated carbocycles. The zero-order valence-corrected chi connectivity index (χ0v) is 10.8. The van der Waals surface area contributed by atoms with Crippen LogP contribution in [0, 0.1) is 0 Å². The van der Waals surface area contributed by atoms with Gasteiger partial charge in [-0.1, -0.05) is 20.8 Å². The van der Waals surface area contributed by atoms with E-state index < -0.39 is 11.9 Å². The molecular formula is C12H18N2O4. The molecule has 6 nitrogen and oxygen atoms in total. The number of carboxylic acid groups (broad SMARTS) is 1. The molecule has 0 atom stereocenters. The minimum Gasteiger partial charge on any atom is -0.480 e. The highest BCUT2D eigenvalue weighted by Gasteiger charge is 2.25. The van der Waals surface area contributed by atoms with Crippen LogP contribution < -0.4 is 0 Å². The summed E-state index contributed by atoms with van der Waals surface area (Å²) in [7, 11) is 0. The SMILES string of the molecule is CCCN(CC(=O)O)C(=O)c1ncoc1C(C)C. The van der Waals surface area contributed by atoms with E-state index in [4.69, 9.17) is 9.52 Å². The normalized spacial score (nSPS) is 10.7. The molecule has 0 spiro atoms. The zero-order valence-electron chi connectivity index (χ0n) is 10.8. The standard InChI is InChI=1S/C12H18N2O4/c1-4-5-14(6-9(15)16)12(17)10-11(8(2)3)18-7-13-10/h7-8H,4-6H2,1-3H3,(H,15,16). The number of amides is 1. The lowest BCUT2D eigenvalue weighted by molar-refractivity contribution is -0.137. The molecule has 0 aliphatic heterocycles. The Labute approximate surface area is 106 Å². The molecule has 0 saturated heterocycles. The van der Waals surface area contributed by atoms with Crippen molar-refractivity contribution in [3.8, 4) is 0 Å². The van der Waals surface area contributed by atoms with E-state index >= 15 is 0 Å². The van der Waals surface area contributed by atoms with Gasteiger partial charge in [0, 0.05) is 12.5 Å². The molecule has 1 aromatic heterocycles. The van der Waals surface area contributed by atoms with Crippen molar-refractivity contribution < 1.29 is 19.1 Å². The molecule has 0 aromatic carbocycles. The lowest BCUT2D eigenvalue weighted by Gasteiger charge is -2.19. The molecule has 6 heteroatoms. The van der Waals surface area contributed by atoms with Crippen molar-refractivity contribution in [3.63, 3.8) is 0 Å². The van der Waals surface area contributed by atoms with Crippen LogP contribution in [0.1, 0.15) is 49.4 Å². The van der Waals surface area contributed by atoms with Crippen LogP contribution in [0.4, 0.5) is 0 Å². The molecular weight excluding hydrogens is 236 g/mol. The van der Waals surface area contributed by atoms with Gasteiger partial charge < -0.3 is 14.4 Å². The third-order valence-corrected chi connectivity index (χ3v) is 2.43. The average Bonchev–Trinajstić information content (AvgIpc) is 2.75. The van der Waals surface area contributed by atoms with Crippen molar-refractivity contribution >= 4 is 11.9 Å². The number of hydrogen-bond donors (Lipinski definition) is 1. The predicted octanol–water partition coefficient (Wildman–Crippen LogP) is 1.73. The monoisotopic (exact) mass is 254 g/mol. The maximum Gasteiger partial charge on any atom is 0.323 e. The molecule has 1 heterocycles. The van der Waals surface area contributed by atoms with E-state index in [1.165, 1.54) is 11.3 Å². The number of rotatable bonds is 6. The Hall–Kier alpha value is -1.85. The zero-order chi connectivity index (χ0) is 13.7. The van der Waals surface area contributed by atoms with Crippen LogP contribution in [0.25, 0.3) is 0 Å². The van der Waals surface area contributed by atoms with Crippen LogP contribution in [0.2, 0.25) is 0 Å². The average molecular weight is 254 g/mol. The molecule has 1 amide bonds. The Kier molecular flexibility index (Phi) is 4.88. The van der Waals surface area contributed by atoms with Gasteiger partial charge in [-0.3, -0.25) is 9.59 Å². The van der Waals surface area contributed by atoms with Gasteiger partial charge in [-0.05, 0) is 6.42 Å². The van der Waals surface area contributed by atoms with E-state index in [9.17, 15) is 9.59 Å². The Balaban J connectivity index is 2.94. The van der Waals surface area contributed by atoms with Crippen LogP contribution >= 0.6 is 0 Å². The van der Waals surface area contributed by atoms with E-state index in [-0.39, 0.29) is 18.2 Å². The smallest absolute Gasteiger partial charge is 0.323 e. The van der Waals surface area contributed by atoms with Gasteiger partial charge in [-0.2, -0.15) is 0 Å². The van der Waals surface area contributed by atoms with E-state index in [0.717, 1.165) is 0 Å². The first-order valence-corrected chi connectivity index (χ1v) is 5.91. The molecule has 0 radical (unpaired) electrons. The maximum atomic E-state index is 12.2. The van der Waals surface area contributed by atoms with Gasteiger partial charge in [0.05, 0.1) is 0 Å². The summed E-state index contributed by atoms with van der Waals surface area (Å²) in [4.78, 5) is 28.1. The van der Waals surface area contributed by atoms with Crippen molar-refractivity contribution in [2.45, 2.75) is 33.1 Å². The predicted molar refractivity (Wildman–Crippen MR) is 64.4 cm³/mol. The molecule has 1 N–H and O–H groups in total. The summed E-state index contributed by atoms with van der Waals surface area (Å²) in [5.74, 6) is -0.908. The van der Waals surface area contributed by atoms with Crippen LogP contribution in [0.3, 0.4) is 0 Å². The van der Waals surface area contributed by atoms with Crippen LogP contribution in [0.5, 0.6) is 0 Å². The fraction of sp³-hybridized carbons (Fsp3) is 0.583. The first kappa shape index (κ1) is 14.2. The molecule has 0 aliphatic rings. The van der Waals surface area contributed by atoms with Gasteiger partial charge >= 0.3 is 5.97 Å². The fourth-order valence-corrected chi connectivity index (χ4v) is 1.66. The Morgan fingerprint density at radius 2 is 2.17 bits per heavy atom. The second-order valence-electron chi connectivity index (χ2n) is 4.34. The molecule has 0 bridgehead atoms. The van der Waals surface area contributed by atoms with Gasteiger partial charge in [0.2, 0.25) is 0 Å².